The van der Waals surface area contributed by atoms with Gasteiger partial charge < -0.3 is 14.2 Å². The molecule has 1 aromatic carbocycles. The zero-order chi connectivity index (χ0) is 20.7. The van der Waals surface area contributed by atoms with Crippen molar-refractivity contribution in [3.63, 3.8) is 0 Å². The number of hydrogen-bond acceptors (Lipinski definition) is 4. The molecule has 29 heavy (non-hydrogen) atoms. The van der Waals surface area contributed by atoms with Gasteiger partial charge in [0.1, 0.15) is 11.5 Å². The lowest BCUT2D eigenvalue weighted by Crippen LogP contribution is -2.04. The van der Waals surface area contributed by atoms with E-state index in [9.17, 15) is 0 Å². The molecule has 4 nitrogen and oxygen atoms in total. The molecule has 1 unspecified atom stereocenters. The molecular weight excluding hydrogens is 362 g/mol. The first-order chi connectivity index (χ1) is 14.2. The average molecular weight is 400 g/mol. The van der Waals surface area contributed by atoms with E-state index >= 15 is 0 Å². The van der Waals surface area contributed by atoms with Crippen LogP contribution in [0.15, 0.2) is 42.6 Å². The van der Waals surface area contributed by atoms with Crippen molar-refractivity contribution in [1.29, 1.82) is 0 Å². The Bertz CT molecular complexity index is 655. The number of nitrogens with zero attached hydrogens (tertiary/aromatic N) is 1. The molecule has 4 heteroatoms. The van der Waals surface area contributed by atoms with Gasteiger partial charge in [-0.1, -0.05) is 52.9 Å². The molecule has 0 aliphatic rings. The van der Waals surface area contributed by atoms with Gasteiger partial charge in [-0.15, -0.1) is 0 Å². The van der Waals surface area contributed by atoms with Crippen molar-refractivity contribution in [1.82, 2.24) is 4.98 Å². The summed E-state index contributed by atoms with van der Waals surface area (Å²) in [5.74, 6) is 2.34. The van der Waals surface area contributed by atoms with Crippen LogP contribution in [0.5, 0.6) is 11.5 Å². The molecule has 160 valence electrons. The molecule has 0 aliphatic carbocycles. The summed E-state index contributed by atoms with van der Waals surface area (Å²) in [5, 5.41) is 0. The molecule has 2 aromatic rings. The van der Waals surface area contributed by atoms with Gasteiger partial charge in [0.15, 0.2) is 6.79 Å². The van der Waals surface area contributed by atoms with E-state index in [0.29, 0.717) is 5.92 Å². The standard InChI is InChI=1S/C25H37NO3/c1-4-6-7-8-9-17-27-20-29-24-14-15-25(26-19-24)22-10-12-23(13-11-22)28-18-16-21(3)5-2/h10-15,19,21H,4-9,16-18,20H2,1-3H3. The number of ether oxygens (including phenoxy) is 3. The molecule has 0 saturated heterocycles. The fourth-order valence-electron chi connectivity index (χ4n) is 2.92. The molecular formula is C25H37NO3. The van der Waals surface area contributed by atoms with Crippen molar-refractivity contribution < 1.29 is 14.2 Å². The second-order valence-electron chi connectivity index (χ2n) is 7.64. The van der Waals surface area contributed by atoms with Crippen LogP contribution >= 0.6 is 0 Å². The van der Waals surface area contributed by atoms with E-state index in [1.807, 2.05) is 36.4 Å². The van der Waals surface area contributed by atoms with Crippen LogP contribution in [0.4, 0.5) is 0 Å². The van der Waals surface area contributed by atoms with Gasteiger partial charge in [0.25, 0.3) is 0 Å². The van der Waals surface area contributed by atoms with Gasteiger partial charge >= 0.3 is 0 Å². The highest BCUT2D eigenvalue weighted by molar-refractivity contribution is 5.60. The van der Waals surface area contributed by atoms with Crippen molar-refractivity contribution >= 4 is 0 Å². The third-order valence-corrected chi connectivity index (χ3v) is 5.16. The Morgan fingerprint density at radius 1 is 0.828 bits per heavy atom. The minimum atomic E-state index is 0.275. The van der Waals surface area contributed by atoms with Crippen LogP contribution in [0.2, 0.25) is 0 Å². The molecule has 0 N–H and O–H groups in total. The number of unbranched alkanes of at least 4 members (excludes halogenated alkanes) is 4. The Morgan fingerprint density at radius 2 is 1.59 bits per heavy atom. The molecule has 0 amide bonds. The van der Waals surface area contributed by atoms with Crippen molar-refractivity contribution in [2.45, 2.75) is 65.7 Å². The van der Waals surface area contributed by atoms with Crippen LogP contribution in [-0.4, -0.2) is 25.0 Å². The fourth-order valence-corrected chi connectivity index (χ4v) is 2.92. The summed E-state index contributed by atoms with van der Waals surface area (Å²) < 4.78 is 17.0. The van der Waals surface area contributed by atoms with Gasteiger partial charge in [-0.05, 0) is 55.2 Å². The summed E-state index contributed by atoms with van der Waals surface area (Å²) >= 11 is 0. The molecule has 0 saturated carbocycles. The maximum absolute atomic E-state index is 5.83. The van der Waals surface area contributed by atoms with Crippen LogP contribution in [0, 0.1) is 5.92 Å². The quantitative estimate of drug-likeness (QED) is 0.241. The molecule has 1 heterocycles. The predicted octanol–water partition coefficient (Wildman–Crippen LogP) is 6.89. The fraction of sp³-hybridized carbons (Fsp3) is 0.560. The van der Waals surface area contributed by atoms with Crippen LogP contribution < -0.4 is 9.47 Å². The zero-order valence-corrected chi connectivity index (χ0v) is 18.4. The second-order valence-corrected chi connectivity index (χ2v) is 7.64. The minimum absolute atomic E-state index is 0.275. The number of hydrogen-bond donors (Lipinski definition) is 0. The molecule has 0 fully saturated rings. The van der Waals surface area contributed by atoms with Gasteiger partial charge in [0.05, 0.1) is 25.1 Å². The molecule has 2 rings (SSSR count). The normalized spacial score (nSPS) is 12.0. The zero-order valence-electron chi connectivity index (χ0n) is 18.4. The number of benzene rings is 1. The van der Waals surface area contributed by atoms with Gasteiger partial charge in [0, 0.05) is 5.56 Å². The largest absolute Gasteiger partial charge is 0.494 e. The van der Waals surface area contributed by atoms with Crippen LogP contribution in [-0.2, 0) is 4.74 Å². The first-order valence-corrected chi connectivity index (χ1v) is 11.1. The summed E-state index contributed by atoms with van der Waals surface area (Å²) in [4.78, 5) is 4.50. The highest BCUT2D eigenvalue weighted by atomic mass is 16.7. The smallest absolute Gasteiger partial charge is 0.189 e. The lowest BCUT2D eigenvalue weighted by atomic mass is 10.1. The molecule has 1 aromatic heterocycles. The number of rotatable bonds is 15. The lowest BCUT2D eigenvalue weighted by molar-refractivity contribution is 0.0133. The second kappa shape index (κ2) is 14.0. The summed E-state index contributed by atoms with van der Waals surface area (Å²) in [6.07, 6.45) is 10.2. The van der Waals surface area contributed by atoms with Gasteiger partial charge in [0.2, 0.25) is 0 Å². The first kappa shape index (κ1) is 23.2. The van der Waals surface area contributed by atoms with E-state index in [1.54, 1.807) is 6.20 Å². The van der Waals surface area contributed by atoms with Crippen molar-refractivity contribution in [2.75, 3.05) is 20.0 Å². The molecule has 0 aliphatic heterocycles. The molecule has 0 bridgehead atoms. The Kier molecular flexibility index (Phi) is 11.2. The number of pyridine rings is 1. The van der Waals surface area contributed by atoms with E-state index in [1.165, 1.54) is 32.1 Å². The lowest BCUT2D eigenvalue weighted by Gasteiger charge is -2.11. The van der Waals surface area contributed by atoms with Crippen LogP contribution in [0.3, 0.4) is 0 Å². The first-order valence-electron chi connectivity index (χ1n) is 11.1. The van der Waals surface area contributed by atoms with Gasteiger partial charge in [-0.25, -0.2) is 0 Å². The topological polar surface area (TPSA) is 40.6 Å². The Balaban J connectivity index is 1.69. The van der Waals surface area contributed by atoms with E-state index in [4.69, 9.17) is 14.2 Å². The maximum atomic E-state index is 5.83. The SMILES string of the molecule is CCCCCCCOCOc1ccc(-c2ccc(OCCC(C)CC)cc2)nc1. The summed E-state index contributed by atoms with van der Waals surface area (Å²) in [7, 11) is 0. The Hall–Kier alpha value is -2.07. The number of aromatic nitrogens is 1. The maximum Gasteiger partial charge on any atom is 0.189 e. The summed E-state index contributed by atoms with van der Waals surface area (Å²) in [6.45, 7) is 8.48. The van der Waals surface area contributed by atoms with Crippen molar-refractivity contribution in [3.8, 4) is 22.8 Å². The average Bonchev–Trinajstić information content (AvgIpc) is 2.76. The highest BCUT2D eigenvalue weighted by Crippen LogP contribution is 2.23. The third-order valence-electron chi connectivity index (χ3n) is 5.16. The Labute approximate surface area is 176 Å². The molecule has 1 atom stereocenters. The van der Waals surface area contributed by atoms with Gasteiger partial charge in [-0.3, -0.25) is 4.98 Å². The van der Waals surface area contributed by atoms with Crippen molar-refractivity contribution in [2.24, 2.45) is 5.92 Å². The molecule has 0 radical (unpaired) electrons. The minimum Gasteiger partial charge on any atom is -0.494 e. The highest BCUT2D eigenvalue weighted by Gasteiger charge is 2.03. The summed E-state index contributed by atoms with van der Waals surface area (Å²) in [5.41, 5.74) is 1.98. The van der Waals surface area contributed by atoms with Gasteiger partial charge in [-0.2, -0.15) is 0 Å². The monoisotopic (exact) mass is 399 g/mol. The Morgan fingerprint density at radius 3 is 2.28 bits per heavy atom. The van der Waals surface area contributed by atoms with E-state index in [2.05, 4.69) is 25.8 Å². The van der Waals surface area contributed by atoms with Crippen LogP contribution in [0.1, 0.15) is 65.7 Å². The third kappa shape index (κ3) is 9.31. The van der Waals surface area contributed by atoms with E-state index in [-0.39, 0.29) is 6.79 Å². The predicted molar refractivity (Wildman–Crippen MR) is 119 cm³/mol. The van der Waals surface area contributed by atoms with Crippen molar-refractivity contribution in [3.05, 3.63) is 42.6 Å². The summed E-state index contributed by atoms with van der Waals surface area (Å²) in [6, 6.07) is 12.0. The van der Waals surface area contributed by atoms with E-state index in [0.717, 1.165) is 48.8 Å². The van der Waals surface area contributed by atoms with Crippen LogP contribution in [0.25, 0.3) is 11.3 Å². The van der Waals surface area contributed by atoms with E-state index < -0.39 is 0 Å². The molecule has 0 spiro atoms.